The number of imidazole rings is 1. The molecule has 1 atom stereocenters. The van der Waals surface area contributed by atoms with Gasteiger partial charge in [0, 0.05) is 30.7 Å². The van der Waals surface area contributed by atoms with Crippen LogP contribution in [0.5, 0.6) is 5.75 Å². The van der Waals surface area contributed by atoms with Crippen LogP contribution in [0.4, 0.5) is 23.5 Å². The number of hydrogen-bond donors (Lipinski definition) is 2. The van der Waals surface area contributed by atoms with Crippen molar-refractivity contribution in [2.75, 3.05) is 25.1 Å². The minimum absolute atomic E-state index is 0. The van der Waals surface area contributed by atoms with Crippen molar-refractivity contribution >= 4 is 46.5 Å². The Morgan fingerprint density at radius 1 is 0.907 bits per heavy atom. The molecule has 3 heterocycles. The number of anilines is 1. The van der Waals surface area contributed by atoms with Crippen LogP contribution in [0.2, 0.25) is 0 Å². The summed E-state index contributed by atoms with van der Waals surface area (Å²) in [6, 6.07) is 11.5. The minimum Gasteiger partial charge on any atom is -0.491 e. The van der Waals surface area contributed by atoms with E-state index in [0.717, 1.165) is 35.9 Å². The maximum atomic E-state index is 14.1. The fourth-order valence-electron chi connectivity index (χ4n) is 7.12. The minimum atomic E-state index is -4.62. The molecular weight excluding hydrogens is 714 g/mol. The van der Waals surface area contributed by atoms with E-state index in [1.54, 1.807) is 12.1 Å². The predicted molar refractivity (Wildman–Crippen MR) is 186 cm³/mol. The third-order valence-corrected chi connectivity index (χ3v) is 9.77. The van der Waals surface area contributed by atoms with Gasteiger partial charge >= 0.3 is 6.18 Å². The van der Waals surface area contributed by atoms with E-state index in [0.29, 0.717) is 36.2 Å². The van der Waals surface area contributed by atoms with Crippen LogP contribution in [0, 0.1) is 11.7 Å². The lowest BCUT2D eigenvalue weighted by Crippen LogP contribution is -2.54. The number of amides is 5. The van der Waals surface area contributed by atoms with Crippen LogP contribution in [0.15, 0.2) is 60.7 Å². The molecule has 4 aromatic rings. The zero-order chi connectivity index (χ0) is 37.4. The van der Waals surface area contributed by atoms with E-state index in [1.165, 1.54) is 30.3 Å². The van der Waals surface area contributed by atoms with Gasteiger partial charge in [0.25, 0.3) is 17.7 Å². The topological polar surface area (TPSA) is 149 Å². The maximum Gasteiger partial charge on any atom is 0.416 e. The van der Waals surface area contributed by atoms with Crippen LogP contribution < -0.4 is 15.4 Å². The molecule has 1 saturated carbocycles. The van der Waals surface area contributed by atoms with Crippen LogP contribution >= 0.6 is 0 Å². The largest absolute Gasteiger partial charge is 0.491 e. The highest BCUT2D eigenvalue weighted by molar-refractivity contribution is 6.23. The van der Waals surface area contributed by atoms with Gasteiger partial charge in [-0.3, -0.25) is 39.5 Å². The lowest BCUT2D eigenvalue weighted by Gasteiger charge is -2.30. The Bertz CT molecular complexity index is 2130. The molecule has 12 nitrogen and oxygen atoms in total. The molecule has 7 rings (SSSR count). The van der Waals surface area contributed by atoms with Crippen LogP contribution in [-0.2, 0) is 20.5 Å². The molecule has 1 aromatic heterocycles. The Morgan fingerprint density at radius 3 is 2.41 bits per heavy atom. The second-order valence-electron chi connectivity index (χ2n) is 13.2. The van der Waals surface area contributed by atoms with Gasteiger partial charge in [0.1, 0.15) is 24.2 Å². The average molecular weight is 752 g/mol. The normalized spacial score (nSPS) is 20.1. The van der Waals surface area contributed by atoms with Gasteiger partial charge in [-0.2, -0.15) is 13.2 Å². The van der Waals surface area contributed by atoms with Crippen molar-refractivity contribution in [3.05, 3.63) is 88.7 Å². The third kappa shape index (κ3) is 7.69. The van der Waals surface area contributed by atoms with Crippen molar-refractivity contribution in [3.63, 3.8) is 0 Å². The molecule has 1 aliphatic carbocycles. The molecule has 2 aliphatic heterocycles. The first-order chi connectivity index (χ1) is 25.4. The monoisotopic (exact) mass is 751 g/mol. The summed E-state index contributed by atoms with van der Waals surface area (Å²) in [5, 5.41) is 4.81. The number of carbonyl (C=O) groups is 5. The van der Waals surface area contributed by atoms with Gasteiger partial charge < -0.3 is 14.0 Å². The van der Waals surface area contributed by atoms with Crippen molar-refractivity contribution in [3.8, 4) is 5.75 Å². The number of imide groups is 2. The van der Waals surface area contributed by atoms with Crippen LogP contribution in [0.3, 0.4) is 0 Å². The maximum absolute atomic E-state index is 14.1. The van der Waals surface area contributed by atoms with E-state index < -0.39 is 53.1 Å². The molecule has 1 saturated heterocycles. The molecule has 3 aliphatic rings. The number of ether oxygens (including phenoxy) is 2. The first-order valence-corrected chi connectivity index (χ1v) is 17.1. The second kappa shape index (κ2) is 15.4. The van der Waals surface area contributed by atoms with Crippen molar-refractivity contribution in [1.82, 2.24) is 19.8 Å². The van der Waals surface area contributed by atoms with Crippen LogP contribution in [0.1, 0.15) is 88.6 Å². The van der Waals surface area contributed by atoms with Gasteiger partial charge in [-0.15, -0.1) is 0 Å². The Labute approximate surface area is 306 Å². The van der Waals surface area contributed by atoms with E-state index >= 15 is 0 Å². The first-order valence-electron chi connectivity index (χ1n) is 17.1. The van der Waals surface area contributed by atoms with Gasteiger partial charge in [0.05, 0.1) is 34.3 Å². The SMILES string of the molecule is C.O=C1CCC(N2C(=O)c3ccc(OCCOCC4CCC(n5c(NC(=O)c6cccc(C(F)(F)F)c6)nc6cc(F)ccc65)CC4)cc3C2=O)C(=O)N1. The molecule has 5 amide bonds. The molecule has 2 fully saturated rings. The number of hydrogen-bond acceptors (Lipinski definition) is 8. The highest BCUT2D eigenvalue weighted by atomic mass is 19.4. The van der Waals surface area contributed by atoms with Gasteiger partial charge in [0.15, 0.2) is 0 Å². The summed E-state index contributed by atoms with van der Waals surface area (Å²) in [5.41, 5.74) is 0.0182. The van der Waals surface area contributed by atoms with Crippen LogP contribution in [-0.4, -0.2) is 69.8 Å². The predicted octanol–water partition coefficient (Wildman–Crippen LogP) is 6.31. The summed E-state index contributed by atoms with van der Waals surface area (Å²) in [5.74, 6) is -2.97. The fourth-order valence-corrected chi connectivity index (χ4v) is 7.12. The van der Waals surface area contributed by atoms with Crippen LogP contribution in [0.25, 0.3) is 11.0 Å². The third-order valence-electron chi connectivity index (χ3n) is 9.77. The molecule has 0 spiro atoms. The van der Waals surface area contributed by atoms with E-state index in [4.69, 9.17) is 9.47 Å². The summed E-state index contributed by atoms with van der Waals surface area (Å²) in [7, 11) is 0. The highest BCUT2D eigenvalue weighted by Crippen LogP contribution is 2.38. The molecule has 0 radical (unpaired) electrons. The quantitative estimate of drug-likeness (QED) is 0.109. The summed E-state index contributed by atoms with van der Waals surface area (Å²) < 4.78 is 67.4. The van der Waals surface area contributed by atoms with Crippen molar-refractivity contribution in [2.45, 2.75) is 64.2 Å². The number of piperidine rings is 1. The summed E-state index contributed by atoms with van der Waals surface area (Å²) in [6.07, 6.45) is -1.65. The Balaban J connectivity index is 0.00000497. The average Bonchev–Trinajstić information content (AvgIpc) is 3.60. The van der Waals surface area contributed by atoms with Gasteiger partial charge in [-0.05, 0) is 86.6 Å². The first kappa shape index (κ1) is 38.1. The number of alkyl halides is 3. The molecular formula is C38H37F4N5O7. The zero-order valence-corrected chi connectivity index (χ0v) is 28.1. The number of benzene rings is 3. The highest BCUT2D eigenvalue weighted by Gasteiger charge is 2.44. The number of nitrogens with one attached hydrogen (secondary N) is 2. The number of nitrogens with zero attached hydrogens (tertiary/aromatic N) is 3. The Kier molecular flexibility index (Phi) is 10.8. The molecule has 3 aromatic carbocycles. The molecule has 2 N–H and O–H groups in total. The van der Waals surface area contributed by atoms with E-state index in [-0.39, 0.29) is 68.1 Å². The van der Waals surface area contributed by atoms with E-state index in [2.05, 4.69) is 15.6 Å². The smallest absolute Gasteiger partial charge is 0.416 e. The standard InChI is InChI=1S/C37H33F4N5O7.CH4/c38-23-6-11-29-28(17-23)42-36(44-32(48)21-2-1-3-22(16-21)37(39,40)41)45(29)24-7-4-20(5-8-24)19-52-14-15-53-25-9-10-26-27(18-25)35(51)46(34(26)50)30-12-13-31(47)43-33(30)49;/h1-3,6,9-11,16-18,20,24,30H,4-5,7-8,12-15,19H2,(H,42,44,48)(H,43,47,49);1H4. The number of rotatable bonds is 10. The lowest BCUT2D eigenvalue weighted by molar-refractivity contribution is -0.138. The molecule has 284 valence electrons. The van der Waals surface area contributed by atoms with Gasteiger partial charge in [-0.25, -0.2) is 9.37 Å². The van der Waals surface area contributed by atoms with Crippen molar-refractivity contribution < 1.29 is 51.0 Å². The lowest BCUT2D eigenvalue weighted by atomic mass is 9.86. The van der Waals surface area contributed by atoms with Gasteiger partial charge in [-0.1, -0.05) is 13.5 Å². The van der Waals surface area contributed by atoms with Crippen molar-refractivity contribution in [1.29, 1.82) is 0 Å². The fraction of sp³-hybridized carbons (Fsp3) is 0.368. The Morgan fingerprint density at radius 2 is 1.67 bits per heavy atom. The van der Waals surface area contributed by atoms with E-state index in [1.807, 2.05) is 4.57 Å². The summed E-state index contributed by atoms with van der Waals surface area (Å²) in [6.45, 7) is 0.860. The number of halogens is 4. The number of aromatic nitrogens is 2. The number of fused-ring (bicyclic) bond motifs is 2. The summed E-state index contributed by atoms with van der Waals surface area (Å²) in [4.78, 5) is 68.2. The van der Waals surface area contributed by atoms with E-state index in [9.17, 15) is 41.5 Å². The second-order valence-corrected chi connectivity index (χ2v) is 13.2. The Hall–Kier alpha value is -5.64. The van der Waals surface area contributed by atoms with Gasteiger partial charge in [0.2, 0.25) is 17.8 Å². The zero-order valence-electron chi connectivity index (χ0n) is 28.1. The molecule has 16 heteroatoms. The number of carbonyl (C=O) groups excluding carboxylic acids is 5. The van der Waals surface area contributed by atoms with Crippen molar-refractivity contribution in [2.24, 2.45) is 5.92 Å². The molecule has 54 heavy (non-hydrogen) atoms. The molecule has 0 bridgehead atoms. The molecule has 1 unspecified atom stereocenters. The summed E-state index contributed by atoms with van der Waals surface area (Å²) >= 11 is 0.